The molecule has 0 saturated carbocycles. The molecule has 0 bridgehead atoms. The van der Waals surface area contributed by atoms with Crippen molar-refractivity contribution in [1.82, 2.24) is 15.5 Å². The fourth-order valence-corrected chi connectivity index (χ4v) is 3.24. The predicted octanol–water partition coefficient (Wildman–Crippen LogP) is 0.315. The third-order valence-corrected chi connectivity index (χ3v) is 4.55. The van der Waals surface area contributed by atoms with E-state index in [9.17, 15) is 0 Å². The number of aliphatic imine (C=N–C) groups is 1. The minimum atomic E-state index is 0.429. The van der Waals surface area contributed by atoms with E-state index in [2.05, 4.69) is 22.5 Å². The molecular formula is C17H34N4O3. The molecule has 2 aliphatic heterocycles. The second-order valence-corrected chi connectivity index (χ2v) is 6.18. The Morgan fingerprint density at radius 2 is 2.04 bits per heavy atom. The minimum Gasteiger partial charge on any atom is -0.381 e. The molecule has 2 rings (SSSR count). The molecule has 0 aromatic heterocycles. The zero-order valence-electron chi connectivity index (χ0n) is 15.3. The lowest BCUT2D eigenvalue weighted by molar-refractivity contribution is 0.00368. The summed E-state index contributed by atoms with van der Waals surface area (Å²) in [5, 5.41) is 6.66. The first kappa shape index (κ1) is 19.4. The van der Waals surface area contributed by atoms with Crippen LogP contribution in [-0.2, 0) is 14.2 Å². The first-order valence-corrected chi connectivity index (χ1v) is 9.34. The molecule has 2 aliphatic rings. The quantitative estimate of drug-likeness (QED) is 0.357. The van der Waals surface area contributed by atoms with Crippen molar-refractivity contribution < 1.29 is 14.2 Å². The average Bonchev–Trinajstić information content (AvgIpc) is 3.14. The molecule has 7 nitrogen and oxygen atoms in total. The monoisotopic (exact) mass is 342 g/mol. The van der Waals surface area contributed by atoms with E-state index in [4.69, 9.17) is 19.2 Å². The summed E-state index contributed by atoms with van der Waals surface area (Å²) in [6, 6.07) is 0.429. The summed E-state index contributed by atoms with van der Waals surface area (Å²) in [6.07, 6.45) is 1.13. The van der Waals surface area contributed by atoms with Gasteiger partial charge in [0.2, 0.25) is 0 Å². The molecule has 0 spiro atoms. The topological polar surface area (TPSA) is 67.4 Å². The third kappa shape index (κ3) is 6.55. The molecule has 2 fully saturated rings. The van der Waals surface area contributed by atoms with Crippen molar-refractivity contribution in [1.29, 1.82) is 0 Å². The van der Waals surface area contributed by atoms with Gasteiger partial charge >= 0.3 is 0 Å². The summed E-state index contributed by atoms with van der Waals surface area (Å²) >= 11 is 0. The van der Waals surface area contributed by atoms with Crippen molar-refractivity contribution in [3.8, 4) is 0 Å². The molecule has 2 unspecified atom stereocenters. The Hall–Kier alpha value is -0.890. The number of guanidine groups is 1. The van der Waals surface area contributed by atoms with Gasteiger partial charge in [-0.1, -0.05) is 0 Å². The Bertz CT molecular complexity index is 356. The second-order valence-electron chi connectivity index (χ2n) is 6.18. The smallest absolute Gasteiger partial charge is 0.191 e. The maximum atomic E-state index is 5.62. The van der Waals surface area contributed by atoms with E-state index in [1.54, 1.807) is 0 Å². The van der Waals surface area contributed by atoms with E-state index < -0.39 is 0 Å². The molecule has 0 aromatic carbocycles. The zero-order chi connectivity index (χ0) is 17.0. The number of rotatable bonds is 9. The van der Waals surface area contributed by atoms with Crippen LogP contribution in [0.3, 0.4) is 0 Å². The van der Waals surface area contributed by atoms with Crippen LogP contribution in [0.4, 0.5) is 0 Å². The van der Waals surface area contributed by atoms with Crippen molar-refractivity contribution in [2.24, 2.45) is 10.9 Å². The summed E-state index contributed by atoms with van der Waals surface area (Å²) in [7, 11) is 0. The fraction of sp³-hybridized carbons (Fsp3) is 0.941. The maximum Gasteiger partial charge on any atom is 0.191 e. The molecule has 0 radical (unpaired) electrons. The molecular weight excluding hydrogens is 308 g/mol. The maximum absolute atomic E-state index is 5.62. The molecule has 0 aromatic rings. The highest BCUT2D eigenvalue weighted by molar-refractivity contribution is 5.79. The largest absolute Gasteiger partial charge is 0.381 e. The lowest BCUT2D eigenvalue weighted by Gasteiger charge is -2.36. The first-order valence-electron chi connectivity index (χ1n) is 9.34. The molecule has 24 heavy (non-hydrogen) atoms. The fourth-order valence-electron chi connectivity index (χ4n) is 3.24. The van der Waals surface area contributed by atoms with Crippen LogP contribution in [0, 0.1) is 5.92 Å². The van der Waals surface area contributed by atoms with Gasteiger partial charge < -0.3 is 24.8 Å². The van der Waals surface area contributed by atoms with E-state index in [-0.39, 0.29) is 0 Å². The van der Waals surface area contributed by atoms with Gasteiger partial charge in [-0.3, -0.25) is 9.89 Å². The van der Waals surface area contributed by atoms with Crippen molar-refractivity contribution in [3.05, 3.63) is 0 Å². The summed E-state index contributed by atoms with van der Waals surface area (Å²) in [6.45, 7) is 13.3. The van der Waals surface area contributed by atoms with Crippen LogP contribution in [0.15, 0.2) is 4.99 Å². The van der Waals surface area contributed by atoms with Crippen LogP contribution < -0.4 is 10.6 Å². The number of hydrogen-bond donors (Lipinski definition) is 2. The summed E-state index contributed by atoms with van der Waals surface area (Å²) in [5.74, 6) is 1.44. The summed E-state index contributed by atoms with van der Waals surface area (Å²) in [4.78, 5) is 7.36. The van der Waals surface area contributed by atoms with Gasteiger partial charge in [0, 0.05) is 51.4 Å². The van der Waals surface area contributed by atoms with Gasteiger partial charge in [-0.05, 0) is 20.3 Å². The molecule has 2 N–H and O–H groups in total. The second kappa shape index (κ2) is 11.6. The number of hydrogen-bond acceptors (Lipinski definition) is 5. The lowest BCUT2D eigenvalue weighted by Crippen LogP contribution is -2.49. The van der Waals surface area contributed by atoms with E-state index >= 15 is 0 Å². The normalized spacial score (nSPS) is 24.1. The van der Waals surface area contributed by atoms with E-state index in [0.29, 0.717) is 18.6 Å². The molecule has 0 amide bonds. The summed E-state index contributed by atoms with van der Waals surface area (Å²) < 4.78 is 16.5. The summed E-state index contributed by atoms with van der Waals surface area (Å²) in [5.41, 5.74) is 0. The van der Waals surface area contributed by atoms with E-state index in [1.165, 1.54) is 0 Å². The number of nitrogens with zero attached hydrogens (tertiary/aromatic N) is 2. The number of nitrogens with one attached hydrogen (secondary N) is 2. The Morgan fingerprint density at radius 3 is 2.71 bits per heavy atom. The highest BCUT2D eigenvalue weighted by Crippen LogP contribution is 2.22. The van der Waals surface area contributed by atoms with Gasteiger partial charge in [-0.2, -0.15) is 0 Å². The average molecular weight is 342 g/mol. The lowest BCUT2D eigenvalue weighted by atomic mass is 9.97. The number of ether oxygens (including phenoxy) is 3. The Balaban J connectivity index is 1.91. The van der Waals surface area contributed by atoms with Crippen LogP contribution in [-0.4, -0.2) is 89.3 Å². The predicted molar refractivity (Wildman–Crippen MR) is 95.6 cm³/mol. The highest BCUT2D eigenvalue weighted by atomic mass is 16.5. The van der Waals surface area contributed by atoms with Crippen LogP contribution in [0.25, 0.3) is 0 Å². The van der Waals surface area contributed by atoms with Gasteiger partial charge in [-0.15, -0.1) is 0 Å². The Morgan fingerprint density at radius 1 is 1.21 bits per heavy atom. The highest BCUT2D eigenvalue weighted by Gasteiger charge is 2.31. The van der Waals surface area contributed by atoms with Crippen molar-refractivity contribution in [3.63, 3.8) is 0 Å². The third-order valence-electron chi connectivity index (χ3n) is 4.55. The Labute approximate surface area is 146 Å². The van der Waals surface area contributed by atoms with Gasteiger partial charge in [0.15, 0.2) is 5.96 Å². The minimum absolute atomic E-state index is 0.429. The van der Waals surface area contributed by atoms with Crippen molar-refractivity contribution in [2.45, 2.75) is 26.3 Å². The van der Waals surface area contributed by atoms with Gasteiger partial charge in [0.1, 0.15) is 0 Å². The molecule has 7 heteroatoms. The van der Waals surface area contributed by atoms with Crippen LogP contribution >= 0.6 is 0 Å². The Kier molecular flexibility index (Phi) is 9.42. The zero-order valence-corrected chi connectivity index (χ0v) is 15.3. The standard InChI is InChI=1S/C17H34N4O3/c1-3-18-17(19-6-10-22-4-2)20-13-16(15-5-9-24-14-15)21-7-11-23-12-8-21/h15-16H,3-14H2,1-2H3,(H2,18,19,20). The van der Waals surface area contributed by atoms with Gasteiger partial charge in [0.05, 0.1) is 33.0 Å². The SMILES string of the molecule is CCNC(=NCC(C1CCOC1)N1CCOCC1)NCCOCC. The van der Waals surface area contributed by atoms with E-state index in [0.717, 1.165) is 78.1 Å². The van der Waals surface area contributed by atoms with Crippen molar-refractivity contribution >= 4 is 5.96 Å². The molecule has 2 heterocycles. The molecule has 0 aliphatic carbocycles. The first-order chi connectivity index (χ1) is 11.8. The number of morpholine rings is 1. The van der Waals surface area contributed by atoms with Crippen LogP contribution in [0.1, 0.15) is 20.3 Å². The molecule has 2 atom stereocenters. The van der Waals surface area contributed by atoms with Gasteiger partial charge in [-0.25, -0.2) is 0 Å². The van der Waals surface area contributed by atoms with Crippen LogP contribution in [0.5, 0.6) is 0 Å². The van der Waals surface area contributed by atoms with Gasteiger partial charge in [0.25, 0.3) is 0 Å². The molecule has 2 saturated heterocycles. The molecule has 140 valence electrons. The van der Waals surface area contributed by atoms with Crippen molar-refractivity contribution in [2.75, 3.05) is 72.4 Å². The van der Waals surface area contributed by atoms with E-state index in [1.807, 2.05) is 6.92 Å². The van der Waals surface area contributed by atoms with Crippen LogP contribution in [0.2, 0.25) is 0 Å².